The molecular weight excluding hydrogens is 252 g/mol. The van der Waals surface area contributed by atoms with Crippen LogP contribution in [0.5, 0.6) is 0 Å². The maximum atomic E-state index is 12.5. The van der Waals surface area contributed by atoms with Crippen molar-refractivity contribution in [1.82, 2.24) is 0 Å². The highest BCUT2D eigenvalue weighted by atomic mass is 32.2. The van der Waals surface area contributed by atoms with Crippen molar-refractivity contribution in [3.05, 3.63) is 29.8 Å². The molecule has 0 radical (unpaired) electrons. The van der Waals surface area contributed by atoms with E-state index in [4.69, 9.17) is 0 Å². The van der Waals surface area contributed by atoms with Crippen molar-refractivity contribution in [3.63, 3.8) is 0 Å². The molecule has 0 aliphatic heterocycles. The minimum absolute atomic E-state index is 0.0991. The highest BCUT2D eigenvalue weighted by molar-refractivity contribution is 7.93. The first-order valence-electron chi connectivity index (χ1n) is 5.87. The Morgan fingerprint density at radius 1 is 1.33 bits per heavy atom. The van der Waals surface area contributed by atoms with Gasteiger partial charge in [0.2, 0.25) is 0 Å². The molecule has 1 aromatic rings. The van der Waals surface area contributed by atoms with Gasteiger partial charge in [0.05, 0.1) is 4.90 Å². The molecule has 2 atom stereocenters. The van der Waals surface area contributed by atoms with Crippen LogP contribution in [-0.2, 0) is 14.6 Å². The summed E-state index contributed by atoms with van der Waals surface area (Å²) in [7, 11) is -3.83. The number of aliphatic carboxylic acids is 1. The number of hydrogen-bond donors (Lipinski definition) is 1. The van der Waals surface area contributed by atoms with E-state index in [0.29, 0.717) is 6.42 Å². The maximum Gasteiger partial charge on any atom is 0.325 e. The number of aryl methyl sites for hydroxylation is 1. The summed E-state index contributed by atoms with van der Waals surface area (Å²) in [5.74, 6) is -1.58. The van der Waals surface area contributed by atoms with Crippen molar-refractivity contribution in [1.29, 1.82) is 0 Å². The average molecular weight is 268 g/mol. The lowest BCUT2D eigenvalue weighted by molar-refractivity contribution is -0.144. The number of hydrogen-bond acceptors (Lipinski definition) is 3. The lowest BCUT2D eigenvalue weighted by Gasteiger charge is -2.43. The SMILES string of the molecule is Cc1ccc(S(=O)(=O)C2(C(=O)O)CCC2C)cc1. The van der Waals surface area contributed by atoms with E-state index >= 15 is 0 Å². The molecule has 1 aromatic carbocycles. The minimum atomic E-state index is -3.83. The lowest BCUT2D eigenvalue weighted by atomic mass is 9.74. The van der Waals surface area contributed by atoms with Crippen LogP contribution in [-0.4, -0.2) is 24.2 Å². The number of carboxylic acid groups (broad SMARTS) is 1. The first kappa shape index (κ1) is 13.1. The number of benzene rings is 1. The molecule has 18 heavy (non-hydrogen) atoms. The zero-order chi connectivity index (χ0) is 13.6. The van der Waals surface area contributed by atoms with Gasteiger partial charge in [-0.1, -0.05) is 24.6 Å². The Balaban J connectivity index is 2.54. The summed E-state index contributed by atoms with van der Waals surface area (Å²) in [6.07, 6.45) is 0.830. The molecule has 0 saturated heterocycles. The van der Waals surface area contributed by atoms with Gasteiger partial charge in [0.25, 0.3) is 0 Å². The fourth-order valence-electron chi connectivity index (χ4n) is 2.45. The van der Waals surface area contributed by atoms with Gasteiger partial charge in [-0.2, -0.15) is 0 Å². The van der Waals surface area contributed by atoms with Crippen LogP contribution >= 0.6 is 0 Å². The normalized spacial score (nSPS) is 27.6. The average Bonchev–Trinajstić information content (AvgIpc) is 2.27. The molecular formula is C13H16O4S. The van der Waals surface area contributed by atoms with Gasteiger partial charge >= 0.3 is 5.97 Å². The van der Waals surface area contributed by atoms with Gasteiger partial charge in [-0.3, -0.25) is 4.79 Å². The van der Waals surface area contributed by atoms with E-state index in [2.05, 4.69) is 0 Å². The van der Waals surface area contributed by atoms with Crippen LogP contribution in [0.3, 0.4) is 0 Å². The first-order chi connectivity index (χ1) is 8.32. The lowest BCUT2D eigenvalue weighted by Crippen LogP contribution is -2.58. The second-order valence-electron chi connectivity index (χ2n) is 4.95. The van der Waals surface area contributed by atoms with Crippen molar-refractivity contribution in [2.75, 3.05) is 0 Å². The zero-order valence-electron chi connectivity index (χ0n) is 10.4. The van der Waals surface area contributed by atoms with Crippen LogP contribution in [0, 0.1) is 12.8 Å². The summed E-state index contributed by atoms with van der Waals surface area (Å²) in [6, 6.07) is 6.35. The van der Waals surface area contributed by atoms with Gasteiger partial charge < -0.3 is 5.11 Å². The second-order valence-corrected chi connectivity index (χ2v) is 7.16. The highest BCUT2D eigenvalue weighted by Crippen LogP contribution is 2.47. The van der Waals surface area contributed by atoms with Gasteiger partial charge in [-0.15, -0.1) is 0 Å². The second kappa shape index (κ2) is 4.09. The van der Waals surface area contributed by atoms with Gasteiger partial charge in [0.15, 0.2) is 14.6 Å². The molecule has 98 valence electrons. The monoisotopic (exact) mass is 268 g/mol. The quantitative estimate of drug-likeness (QED) is 0.910. The van der Waals surface area contributed by atoms with Crippen molar-refractivity contribution in [3.8, 4) is 0 Å². The zero-order valence-corrected chi connectivity index (χ0v) is 11.2. The molecule has 5 heteroatoms. The van der Waals surface area contributed by atoms with Crippen molar-refractivity contribution in [2.45, 2.75) is 36.3 Å². The predicted octanol–water partition coefficient (Wildman–Crippen LogP) is 2.02. The third kappa shape index (κ3) is 1.57. The molecule has 0 aromatic heterocycles. The maximum absolute atomic E-state index is 12.5. The van der Waals surface area contributed by atoms with Gasteiger partial charge in [-0.05, 0) is 37.8 Å². The standard InChI is InChI=1S/C13H16O4S/c1-9-3-5-11(6-4-9)18(16,17)13(12(14)15)8-7-10(13)2/h3-6,10H,7-8H2,1-2H3,(H,14,15). The summed E-state index contributed by atoms with van der Waals surface area (Å²) in [5.41, 5.74) is 0.944. The van der Waals surface area contributed by atoms with Crippen LogP contribution in [0.2, 0.25) is 0 Å². The molecule has 1 N–H and O–H groups in total. The summed E-state index contributed by atoms with van der Waals surface area (Å²) in [4.78, 5) is 11.5. The van der Waals surface area contributed by atoms with E-state index in [1.54, 1.807) is 19.1 Å². The molecule has 1 aliphatic rings. The van der Waals surface area contributed by atoms with E-state index in [9.17, 15) is 18.3 Å². The predicted molar refractivity (Wildman–Crippen MR) is 67.1 cm³/mol. The molecule has 1 saturated carbocycles. The van der Waals surface area contributed by atoms with Crippen LogP contribution in [0.4, 0.5) is 0 Å². The highest BCUT2D eigenvalue weighted by Gasteiger charge is 2.60. The minimum Gasteiger partial charge on any atom is -0.480 e. The number of carbonyl (C=O) groups is 1. The van der Waals surface area contributed by atoms with Crippen molar-refractivity contribution < 1.29 is 18.3 Å². The third-order valence-electron chi connectivity index (χ3n) is 3.92. The largest absolute Gasteiger partial charge is 0.480 e. The van der Waals surface area contributed by atoms with Gasteiger partial charge in [0, 0.05) is 0 Å². The Morgan fingerprint density at radius 3 is 2.22 bits per heavy atom. The van der Waals surface area contributed by atoms with E-state index in [1.807, 2.05) is 6.92 Å². The Kier molecular flexibility index (Phi) is 2.97. The Bertz CT molecular complexity index is 574. The summed E-state index contributed by atoms with van der Waals surface area (Å²) < 4.78 is 23.4. The van der Waals surface area contributed by atoms with Crippen LogP contribution in [0.1, 0.15) is 25.3 Å². The first-order valence-corrected chi connectivity index (χ1v) is 7.35. The summed E-state index contributed by atoms with van der Waals surface area (Å²) >= 11 is 0. The molecule has 2 unspecified atom stereocenters. The van der Waals surface area contributed by atoms with Crippen molar-refractivity contribution >= 4 is 15.8 Å². The molecule has 0 heterocycles. The molecule has 0 bridgehead atoms. The number of sulfone groups is 1. The molecule has 1 fully saturated rings. The fraction of sp³-hybridized carbons (Fsp3) is 0.462. The van der Waals surface area contributed by atoms with Crippen LogP contribution in [0.25, 0.3) is 0 Å². The van der Waals surface area contributed by atoms with E-state index < -0.39 is 20.6 Å². The third-order valence-corrected chi connectivity index (χ3v) is 6.55. The van der Waals surface area contributed by atoms with E-state index in [-0.39, 0.29) is 17.2 Å². The van der Waals surface area contributed by atoms with Crippen LogP contribution in [0.15, 0.2) is 29.2 Å². The topological polar surface area (TPSA) is 71.4 Å². The Labute approximate surface area is 107 Å². The molecule has 2 rings (SSSR count). The van der Waals surface area contributed by atoms with Gasteiger partial charge in [-0.25, -0.2) is 8.42 Å². The Hall–Kier alpha value is -1.36. The smallest absolute Gasteiger partial charge is 0.325 e. The molecule has 1 aliphatic carbocycles. The number of carboxylic acids is 1. The Morgan fingerprint density at radius 2 is 1.89 bits per heavy atom. The van der Waals surface area contributed by atoms with Crippen LogP contribution < -0.4 is 0 Å². The summed E-state index contributed by atoms with van der Waals surface area (Å²) in [6.45, 7) is 3.54. The molecule has 0 spiro atoms. The van der Waals surface area contributed by atoms with Gasteiger partial charge in [0.1, 0.15) is 0 Å². The summed E-state index contributed by atoms with van der Waals surface area (Å²) in [5, 5.41) is 9.33. The fourth-order valence-corrected chi connectivity index (χ4v) is 4.63. The van der Waals surface area contributed by atoms with Crippen molar-refractivity contribution in [2.24, 2.45) is 5.92 Å². The number of rotatable bonds is 3. The molecule has 0 amide bonds. The van der Waals surface area contributed by atoms with E-state index in [0.717, 1.165) is 5.56 Å². The molecule has 4 nitrogen and oxygen atoms in total. The van der Waals surface area contributed by atoms with E-state index in [1.165, 1.54) is 12.1 Å².